The number of hydrogen-bond donors (Lipinski definition) is 1. The van der Waals surface area contributed by atoms with Crippen LogP contribution in [0.4, 0.5) is 0 Å². The zero-order chi connectivity index (χ0) is 15.1. The number of hydrogen-bond acceptors (Lipinski definition) is 6. The highest BCUT2D eigenvalue weighted by molar-refractivity contribution is 5.61. The Kier molecular flexibility index (Phi) is 2.66. The van der Waals surface area contributed by atoms with Crippen molar-refractivity contribution in [3.05, 3.63) is 59.2 Å². The number of allylic oxidation sites excluding steroid dienone is 1. The molecule has 0 amide bonds. The van der Waals surface area contributed by atoms with Crippen LogP contribution in [0, 0.1) is 11.3 Å². The van der Waals surface area contributed by atoms with E-state index >= 15 is 0 Å². The molecule has 1 atom stereocenters. The summed E-state index contributed by atoms with van der Waals surface area (Å²) in [5.74, 6) is 1.57. The molecule has 22 heavy (non-hydrogen) atoms. The third-order valence-electron chi connectivity index (χ3n) is 3.73. The molecule has 3 heterocycles. The van der Waals surface area contributed by atoms with Crippen molar-refractivity contribution in [2.45, 2.75) is 5.92 Å². The molecule has 0 aliphatic carbocycles. The lowest BCUT2D eigenvalue weighted by Crippen LogP contribution is -2.21. The van der Waals surface area contributed by atoms with E-state index in [0.29, 0.717) is 22.8 Å². The number of ether oxygens (including phenoxy) is 3. The van der Waals surface area contributed by atoms with Crippen LogP contribution in [0.2, 0.25) is 0 Å². The van der Waals surface area contributed by atoms with Crippen molar-refractivity contribution in [2.75, 3.05) is 6.79 Å². The first kappa shape index (κ1) is 12.5. The molecule has 2 aromatic rings. The summed E-state index contributed by atoms with van der Waals surface area (Å²) in [5.41, 5.74) is 7.95. The van der Waals surface area contributed by atoms with Gasteiger partial charge in [0.2, 0.25) is 12.7 Å². The maximum absolute atomic E-state index is 9.47. The Labute approximate surface area is 126 Å². The maximum atomic E-state index is 9.47. The van der Waals surface area contributed by atoms with Crippen LogP contribution in [0.5, 0.6) is 17.2 Å². The van der Waals surface area contributed by atoms with E-state index in [1.54, 1.807) is 18.5 Å². The summed E-state index contributed by atoms with van der Waals surface area (Å²) in [6.07, 6.45) is 3.40. The first-order chi connectivity index (χ1) is 10.8. The Bertz CT molecular complexity index is 825. The standard InChI is InChI=1S/C16H11N3O3/c17-6-11-15(9-2-1-3-19-7-9)10-4-13-14(21-8-20-13)5-12(10)22-16(11)18/h1-5,7,15H,8,18H2/t15-/m1/s1. The molecular formula is C16H11N3O3. The molecule has 1 aromatic carbocycles. The van der Waals surface area contributed by atoms with Gasteiger partial charge in [-0.2, -0.15) is 5.26 Å². The second-order valence-corrected chi connectivity index (χ2v) is 4.95. The minimum absolute atomic E-state index is 0.0997. The van der Waals surface area contributed by atoms with Gasteiger partial charge in [-0.25, -0.2) is 0 Å². The second-order valence-electron chi connectivity index (χ2n) is 4.95. The highest BCUT2D eigenvalue weighted by Gasteiger charge is 2.33. The third kappa shape index (κ3) is 1.76. The lowest BCUT2D eigenvalue weighted by molar-refractivity contribution is 0.174. The van der Waals surface area contributed by atoms with Crippen LogP contribution in [0.25, 0.3) is 0 Å². The monoisotopic (exact) mass is 293 g/mol. The van der Waals surface area contributed by atoms with E-state index in [0.717, 1.165) is 11.1 Å². The third-order valence-corrected chi connectivity index (χ3v) is 3.73. The van der Waals surface area contributed by atoms with Crippen molar-refractivity contribution in [1.29, 1.82) is 5.26 Å². The molecule has 0 saturated carbocycles. The number of benzene rings is 1. The van der Waals surface area contributed by atoms with Gasteiger partial charge in [0.05, 0.1) is 5.92 Å². The molecule has 2 N–H and O–H groups in total. The van der Waals surface area contributed by atoms with Gasteiger partial charge < -0.3 is 19.9 Å². The average molecular weight is 293 g/mol. The van der Waals surface area contributed by atoms with Crippen LogP contribution < -0.4 is 19.9 Å². The fourth-order valence-electron chi connectivity index (χ4n) is 2.74. The van der Waals surface area contributed by atoms with Crippen LogP contribution >= 0.6 is 0 Å². The Morgan fingerprint density at radius 1 is 1.23 bits per heavy atom. The molecule has 0 bridgehead atoms. The van der Waals surface area contributed by atoms with Gasteiger partial charge >= 0.3 is 0 Å². The van der Waals surface area contributed by atoms with Gasteiger partial charge in [0.1, 0.15) is 17.4 Å². The molecule has 0 unspecified atom stereocenters. The molecule has 4 rings (SSSR count). The smallest absolute Gasteiger partial charge is 0.231 e. The SMILES string of the molecule is N#CC1=C(N)Oc2cc3c(cc2[C@H]1c1cccnc1)OCO3. The summed E-state index contributed by atoms with van der Waals surface area (Å²) >= 11 is 0. The quantitative estimate of drug-likeness (QED) is 0.865. The van der Waals surface area contributed by atoms with Crippen LogP contribution in [-0.2, 0) is 0 Å². The van der Waals surface area contributed by atoms with Gasteiger partial charge in [0.15, 0.2) is 11.5 Å². The van der Waals surface area contributed by atoms with Crippen LogP contribution in [-0.4, -0.2) is 11.8 Å². The van der Waals surface area contributed by atoms with E-state index in [4.69, 9.17) is 19.9 Å². The molecule has 0 radical (unpaired) electrons. The Morgan fingerprint density at radius 2 is 2.05 bits per heavy atom. The largest absolute Gasteiger partial charge is 0.454 e. The van der Waals surface area contributed by atoms with E-state index in [1.165, 1.54) is 0 Å². The normalized spacial score (nSPS) is 18.4. The zero-order valence-electron chi connectivity index (χ0n) is 11.4. The number of pyridine rings is 1. The number of nitriles is 1. The Hall–Kier alpha value is -3.20. The lowest BCUT2D eigenvalue weighted by Gasteiger charge is -2.26. The molecule has 6 heteroatoms. The van der Waals surface area contributed by atoms with Gasteiger partial charge in [0.25, 0.3) is 0 Å². The van der Waals surface area contributed by atoms with E-state index in [-0.39, 0.29) is 18.6 Å². The molecule has 6 nitrogen and oxygen atoms in total. The maximum Gasteiger partial charge on any atom is 0.231 e. The summed E-state index contributed by atoms with van der Waals surface area (Å²) < 4.78 is 16.4. The van der Waals surface area contributed by atoms with Gasteiger partial charge in [-0.1, -0.05) is 6.07 Å². The minimum atomic E-state index is -0.336. The van der Waals surface area contributed by atoms with E-state index in [2.05, 4.69) is 11.1 Å². The molecule has 2 aliphatic heterocycles. The minimum Gasteiger partial charge on any atom is -0.454 e. The number of fused-ring (bicyclic) bond motifs is 2. The van der Waals surface area contributed by atoms with Crippen LogP contribution in [0.3, 0.4) is 0 Å². The van der Waals surface area contributed by atoms with Crippen molar-refractivity contribution in [1.82, 2.24) is 4.98 Å². The van der Waals surface area contributed by atoms with Crippen molar-refractivity contribution < 1.29 is 14.2 Å². The molecule has 108 valence electrons. The molecule has 0 fully saturated rings. The number of nitrogens with two attached hydrogens (primary N) is 1. The van der Waals surface area contributed by atoms with Crippen molar-refractivity contribution in [3.63, 3.8) is 0 Å². The fraction of sp³-hybridized carbons (Fsp3) is 0.125. The molecule has 0 spiro atoms. The Morgan fingerprint density at radius 3 is 2.77 bits per heavy atom. The summed E-state index contributed by atoms with van der Waals surface area (Å²) in [7, 11) is 0. The zero-order valence-corrected chi connectivity index (χ0v) is 11.4. The summed E-state index contributed by atoms with van der Waals surface area (Å²) in [4.78, 5) is 4.13. The fourth-order valence-corrected chi connectivity index (χ4v) is 2.74. The average Bonchev–Trinajstić information content (AvgIpc) is 2.99. The van der Waals surface area contributed by atoms with E-state index in [9.17, 15) is 5.26 Å². The van der Waals surface area contributed by atoms with Gasteiger partial charge in [0, 0.05) is 24.0 Å². The highest BCUT2D eigenvalue weighted by atomic mass is 16.7. The molecule has 2 aliphatic rings. The first-order valence-electron chi connectivity index (χ1n) is 6.69. The summed E-state index contributed by atoms with van der Waals surface area (Å²) in [5, 5.41) is 9.47. The molecule has 0 saturated heterocycles. The van der Waals surface area contributed by atoms with E-state index in [1.807, 2.05) is 18.2 Å². The van der Waals surface area contributed by atoms with E-state index < -0.39 is 0 Å². The van der Waals surface area contributed by atoms with Crippen molar-refractivity contribution >= 4 is 0 Å². The van der Waals surface area contributed by atoms with Gasteiger partial charge in [-0.15, -0.1) is 0 Å². The topological polar surface area (TPSA) is 90.4 Å². The Balaban J connectivity index is 1.94. The number of rotatable bonds is 1. The highest BCUT2D eigenvalue weighted by Crippen LogP contribution is 2.47. The number of aromatic nitrogens is 1. The molecular weight excluding hydrogens is 282 g/mol. The van der Waals surface area contributed by atoms with Crippen molar-refractivity contribution in [2.24, 2.45) is 5.73 Å². The van der Waals surface area contributed by atoms with Crippen molar-refractivity contribution in [3.8, 4) is 23.3 Å². The first-order valence-corrected chi connectivity index (χ1v) is 6.69. The van der Waals surface area contributed by atoms with Crippen LogP contribution in [0.15, 0.2) is 48.1 Å². The number of nitrogens with zero attached hydrogens (tertiary/aromatic N) is 2. The van der Waals surface area contributed by atoms with Crippen LogP contribution in [0.1, 0.15) is 17.0 Å². The second kappa shape index (κ2) is 4.67. The predicted octanol–water partition coefficient (Wildman–Crippen LogP) is 2.03. The predicted molar refractivity (Wildman–Crippen MR) is 76.1 cm³/mol. The van der Waals surface area contributed by atoms with Gasteiger partial charge in [-0.3, -0.25) is 4.98 Å². The molecule has 1 aromatic heterocycles. The summed E-state index contributed by atoms with van der Waals surface area (Å²) in [6.45, 7) is 0.170. The van der Waals surface area contributed by atoms with Gasteiger partial charge in [-0.05, 0) is 17.7 Å². The lowest BCUT2D eigenvalue weighted by atomic mass is 9.84. The summed E-state index contributed by atoms with van der Waals surface area (Å²) in [6, 6.07) is 9.44.